The van der Waals surface area contributed by atoms with Crippen LogP contribution in [0, 0.1) is 0 Å². The van der Waals surface area contributed by atoms with Gasteiger partial charge in [0.05, 0.1) is 0 Å². The molecule has 0 aliphatic heterocycles. The van der Waals surface area contributed by atoms with Gasteiger partial charge in [-0.15, -0.1) is 0 Å². The molecule has 0 heterocycles. The Balaban J connectivity index is 3.67. The van der Waals surface area contributed by atoms with Gasteiger partial charge >= 0.3 is 0 Å². The van der Waals surface area contributed by atoms with Crippen LogP contribution in [0.3, 0.4) is 0 Å². The Hall–Kier alpha value is -0.200. The minimum absolute atomic E-state index is 0.451. The van der Waals surface area contributed by atoms with Crippen molar-refractivity contribution >= 4 is 23.2 Å². The quantitative estimate of drug-likeness (QED) is 0.529. The highest BCUT2D eigenvalue weighted by molar-refractivity contribution is 6.32. The van der Waals surface area contributed by atoms with E-state index in [0.29, 0.717) is 10.1 Å². The van der Waals surface area contributed by atoms with E-state index in [9.17, 15) is 0 Å². The third kappa shape index (κ3) is 5.80. The molecule has 0 aliphatic rings. The van der Waals surface area contributed by atoms with E-state index >= 15 is 0 Å². The summed E-state index contributed by atoms with van der Waals surface area (Å²) >= 11 is 10.7. The van der Waals surface area contributed by atoms with Gasteiger partial charge in [0.1, 0.15) is 0 Å². The Morgan fingerprint density at radius 2 is 1.25 bits per heavy atom. The van der Waals surface area contributed by atoms with E-state index in [1.165, 1.54) is 0 Å². The van der Waals surface area contributed by atoms with Crippen molar-refractivity contribution in [3.05, 3.63) is 35.4 Å². The molecule has 0 rings (SSSR count). The number of hydrogen-bond acceptors (Lipinski definition) is 0. The molecule has 0 N–H and O–H groups in total. The molecular weight excluding hydrogens is 143 g/mol. The van der Waals surface area contributed by atoms with Crippen LogP contribution in [0.1, 0.15) is 0 Å². The van der Waals surface area contributed by atoms with Crippen LogP contribution >= 0.6 is 23.2 Å². The Bertz CT molecular complexity index is 117. The van der Waals surface area contributed by atoms with Crippen LogP contribution in [0.15, 0.2) is 35.4 Å². The summed E-state index contributed by atoms with van der Waals surface area (Å²) < 4.78 is 0. The molecule has 0 aromatic rings. The third-order valence-electron chi connectivity index (χ3n) is 0.445. The van der Waals surface area contributed by atoms with Crippen molar-refractivity contribution in [3.63, 3.8) is 0 Å². The van der Waals surface area contributed by atoms with Gasteiger partial charge < -0.3 is 0 Å². The van der Waals surface area contributed by atoms with Gasteiger partial charge in [-0.05, 0) is 12.2 Å². The van der Waals surface area contributed by atoms with E-state index in [1.807, 2.05) is 0 Å². The van der Waals surface area contributed by atoms with Crippen molar-refractivity contribution in [1.82, 2.24) is 0 Å². The van der Waals surface area contributed by atoms with Crippen molar-refractivity contribution in [2.24, 2.45) is 0 Å². The maximum absolute atomic E-state index is 5.34. The van der Waals surface area contributed by atoms with Gasteiger partial charge in [-0.25, -0.2) is 0 Å². The monoisotopic (exact) mass is 148 g/mol. The van der Waals surface area contributed by atoms with Crippen molar-refractivity contribution in [3.8, 4) is 0 Å². The zero-order valence-electron chi connectivity index (χ0n) is 4.32. The zero-order valence-corrected chi connectivity index (χ0v) is 5.84. The fourth-order valence-electron chi connectivity index (χ4n) is 0.181. The number of allylic oxidation sites excluding steroid dienone is 4. The Morgan fingerprint density at radius 3 is 1.38 bits per heavy atom. The summed E-state index contributed by atoms with van der Waals surface area (Å²) in [5.74, 6) is 0. The highest BCUT2D eigenvalue weighted by Crippen LogP contribution is 2.03. The second kappa shape index (κ2) is 3.76. The van der Waals surface area contributed by atoms with E-state index in [4.69, 9.17) is 23.2 Å². The zero-order chi connectivity index (χ0) is 6.57. The SMILES string of the molecule is C=C(Cl)C=CC(=C)Cl. The number of halogens is 2. The van der Waals surface area contributed by atoms with E-state index in [2.05, 4.69) is 13.2 Å². The molecule has 8 heavy (non-hydrogen) atoms. The van der Waals surface area contributed by atoms with Crippen LogP contribution in [0.25, 0.3) is 0 Å². The second-order valence-electron chi connectivity index (χ2n) is 1.23. The molecule has 0 saturated carbocycles. The first-order chi connectivity index (χ1) is 3.63. The van der Waals surface area contributed by atoms with E-state index < -0.39 is 0 Å². The lowest BCUT2D eigenvalue weighted by atomic mass is 10.5. The normalized spacial score (nSPS) is 9.75. The summed E-state index contributed by atoms with van der Waals surface area (Å²) in [7, 11) is 0. The molecule has 0 unspecified atom stereocenters. The van der Waals surface area contributed by atoms with Gasteiger partial charge in [0.15, 0.2) is 0 Å². The lowest BCUT2D eigenvalue weighted by Gasteiger charge is -1.80. The molecule has 2 heteroatoms. The van der Waals surface area contributed by atoms with E-state index in [0.717, 1.165) is 0 Å². The smallest absolute Gasteiger partial charge is 0.0334 e. The van der Waals surface area contributed by atoms with E-state index in [1.54, 1.807) is 12.2 Å². The highest BCUT2D eigenvalue weighted by atomic mass is 35.5. The largest absolute Gasteiger partial charge is 0.0850 e. The van der Waals surface area contributed by atoms with Crippen LogP contribution in [0.5, 0.6) is 0 Å². The van der Waals surface area contributed by atoms with Gasteiger partial charge in [0.25, 0.3) is 0 Å². The Labute approximate surface area is 59.1 Å². The summed E-state index contributed by atoms with van der Waals surface area (Å²) in [6.45, 7) is 6.81. The lowest BCUT2D eigenvalue weighted by Crippen LogP contribution is -1.56. The van der Waals surface area contributed by atoms with Crippen LogP contribution in [0.2, 0.25) is 0 Å². The predicted molar refractivity (Wildman–Crippen MR) is 39.1 cm³/mol. The summed E-state index contributed by atoms with van der Waals surface area (Å²) in [5, 5.41) is 0.901. The maximum Gasteiger partial charge on any atom is 0.0334 e. The molecule has 0 atom stereocenters. The first kappa shape index (κ1) is 7.80. The molecule has 0 bridgehead atoms. The molecule has 0 spiro atoms. The maximum atomic E-state index is 5.34. The van der Waals surface area contributed by atoms with Crippen molar-refractivity contribution in [1.29, 1.82) is 0 Å². The first-order valence-electron chi connectivity index (χ1n) is 2.00. The molecule has 0 aliphatic carbocycles. The molecule has 0 fully saturated rings. The minimum Gasteiger partial charge on any atom is -0.0850 e. The van der Waals surface area contributed by atoms with Gasteiger partial charge in [0, 0.05) is 10.1 Å². The fraction of sp³-hybridized carbons (Fsp3) is 0. The second-order valence-corrected chi connectivity index (χ2v) is 2.20. The summed E-state index contributed by atoms with van der Waals surface area (Å²) in [6.07, 6.45) is 3.16. The molecule has 0 saturated heterocycles. The molecule has 0 amide bonds. The summed E-state index contributed by atoms with van der Waals surface area (Å²) in [5.41, 5.74) is 0. The topological polar surface area (TPSA) is 0 Å². The van der Waals surface area contributed by atoms with Crippen LogP contribution in [-0.2, 0) is 0 Å². The summed E-state index contributed by atoms with van der Waals surface area (Å²) in [6, 6.07) is 0. The van der Waals surface area contributed by atoms with Crippen molar-refractivity contribution < 1.29 is 0 Å². The van der Waals surface area contributed by atoms with Gasteiger partial charge in [0.2, 0.25) is 0 Å². The summed E-state index contributed by atoms with van der Waals surface area (Å²) in [4.78, 5) is 0. The predicted octanol–water partition coefficient (Wildman–Crippen LogP) is 3.05. The lowest BCUT2D eigenvalue weighted by molar-refractivity contribution is 1.88. The van der Waals surface area contributed by atoms with Crippen LogP contribution in [-0.4, -0.2) is 0 Å². The highest BCUT2D eigenvalue weighted by Gasteiger charge is 1.76. The Morgan fingerprint density at radius 1 is 1.00 bits per heavy atom. The van der Waals surface area contributed by atoms with Crippen LogP contribution < -0.4 is 0 Å². The van der Waals surface area contributed by atoms with E-state index in [-0.39, 0.29) is 0 Å². The average molecular weight is 149 g/mol. The molecular formula is C6H6Cl2. The minimum atomic E-state index is 0.451. The molecule has 0 radical (unpaired) electrons. The average Bonchev–Trinajstić information content (AvgIpc) is 1.61. The molecule has 0 nitrogen and oxygen atoms in total. The first-order valence-corrected chi connectivity index (χ1v) is 2.75. The van der Waals surface area contributed by atoms with Gasteiger partial charge in [-0.3, -0.25) is 0 Å². The van der Waals surface area contributed by atoms with Gasteiger partial charge in [-0.2, -0.15) is 0 Å². The van der Waals surface area contributed by atoms with Crippen molar-refractivity contribution in [2.75, 3.05) is 0 Å². The fourth-order valence-corrected chi connectivity index (χ4v) is 0.307. The standard InChI is InChI=1S/C6H6Cl2/c1-5(7)3-4-6(2)8/h3-4H,1-2H2. The molecule has 0 aromatic heterocycles. The Kier molecular flexibility index (Phi) is 3.67. The molecule has 44 valence electrons. The third-order valence-corrected chi connectivity index (χ3v) is 0.697. The number of hydrogen-bond donors (Lipinski definition) is 0. The van der Waals surface area contributed by atoms with Crippen molar-refractivity contribution in [2.45, 2.75) is 0 Å². The number of rotatable bonds is 2. The van der Waals surface area contributed by atoms with Gasteiger partial charge in [-0.1, -0.05) is 36.4 Å². The molecule has 0 aromatic carbocycles. The van der Waals surface area contributed by atoms with Crippen LogP contribution in [0.4, 0.5) is 0 Å².